The summed E-state index contributed by atoms with van der Waals surface area (Å²) in [6.45, 7) is 2.06. The molecule has 0 bridgehead atoms. The fourth-order valence-electron chi connectivity index (χ4n) is 3.35. The van der Waals surface area contributed by atoms with E-state index in [-0.39, 0.29) is 0 Å². The number of thioether (sulfide) groups is 1. The van der Waals surface area contributed by atoms with Crippen molar-refractivity contribution in [3.8, 4) is 11.8 Å². The molecule has 5 aromatic rings. The molecule has 28 heavy (non-hydrogen) atoms. The minimum atomic E-state index is 0.315. The zero-order valence-electron chi connectivity index (χ0n) is 14.8. The van der Waals surface area contributed by atoms with Gasteiger partial charge in [-0.2, -0.15) is 5.26 Å². The van der Waals surface area contributed by atoms with E-state index in [9.17, 15) is 0 Å². The number of aryl methyl sites for hydroxylation is 1. The molecule has 0 aliphatic rings. The van der Waals surface area contributed by atoms with Crippen LogP contribution in [0, 0.1) is 22.2 Å². The second-order valence-electron chi connectivity index (χ2n) is 6.24. The highest BCUT2D eigenvalue weighted by Gasteiger charge is 2.19. The number of thiazole rings is 1. The molecular weight excluding hydrogens is 406 g/mol. The van der Waals surface area contributed by atoms with Crippen LogP contribution in [0.3, 0.4) is 0 Å². The van der Waals surface area contributed by atoms with Crippen molar-refractivity contribution in [1.82, 2.24) is 18.9 Å². The first kappa shape index (κ1) is 17.4. The zero-order chi connectivity index (χ0) is 19.3. The van der Waals surface area contributed by atoms with Gasteiger partial charge in [0.1, 0.15) is 4.70 Å². The van der Waals surface area contributed by atoms with Crippen LogP contribution in [-0.2, 0) is 0 Å². The van der Waals surface area contributed by atoms with E-state index >= 15 is 0 Å². The van der Waals surface area contributed by atoms with Crippen LogP contribution in [0.25, 0.3) is 32.7 Å². The highest BCUT2D eigenvalue weighted by molar-refractivity contribution is 7.99. The number of hydrogen-bond acceptors (Lipinski definition) is 6. The first-order chi connectivity index (χ1) is 13.7. The Bertz CT molecular complexity index is 1470. The van der Waals surface area contributed by atoms with E-state index in [1.54, 1.807) is 0 Å². The molecule has 3 aromatic heterocycles. The van der Waals surface area contributed by atoms with Gasteiger partial charge in [0.05, 0.1) is 28.5 Å². The van der Waals surface area contributed by atoms with Crippen molar-refractivity contribution in [2.75, 3.05) is 5.75 Å². The summed E-state index contributed by atoms with van der Waals surface area (Å²) in [5.41, 5.74) is 5.64. The SMILES string of the molecule is Cc1ccccc1-n1c(=S)sc2c1nc(SCC#N)n1c3ccccc3nc21. The molecule has 0 atom stereocenters. The molecule has 0 aliphatic carbocycles. The lowest BCUT2D eigenvalue weighted by molar-refractivity contribution is 0.927. The van der Waals surface area contributed by atoms with Gasteiger partial charge in [-0.05, 0) is 42.9 Å². The predicted octanol–water partition coefficient (Wildman–Crippen LogP) is 5.54. The molecule has 0 spiro atoms. The molecule has 0 aliphatic heterocycles. The number of rotatable bonds is 3. The van der Waals surface area contributed by atoms with Crippen molar-refractivity contribution in [3.05, 3.63) is 58.0 Å². The largest absolute Gasteiger partial charge is 0.275 e. The number of nitrogens with zero attached hydrogens (tertiary/aromatic N) is 5. The van der Waals surface area contributed by atoms with Gasteiger partial charge in [-0.1, -0.05) is 53.4 Å². The Morgan fingerprint density at radius 1 is 1.11 bits per heavy atom. The van der Waals surface area contributed by atoms with Crippen molar-refractivity contribution < 1.29 is 0 Å². The molecule has 8 heteroatoms. The summed E-state index contributed by atoms with van der Waals surface area (Å²) in [6.07, 6.45) is 0. The molecule has 136 valence electrons. The molecule has 5 nitrogen and oxygen atoms in total. The van der Waals surface area contributed by atoms with Crippen LogP contribution >= 0.6 is 35.3 Å². The number of fused-ring (bicyclic) bond motifs is 5. The maximum absolute atomic E-state index is 9.11. The maximum atomic E-state index is 9.11. The van der Waals surface area contributed by atoms with E-state index < -0.39 is 0 Å². The molecule has 0 saturated heterocycles. The Morgan fingerprint density at radius 2 is 1.89 bits per heavy atom. The maximum Gasteiger partial charge on any atom is 0.177 e. The Morgan fingerprint density at radius 3 is 2.71 bits per heavy atom. The highest BCUT2D eigenvalue weighted by atomic mass is 32.2. The lowest BCUT2D eigenvalue weighted by Gasteiger charge is -2.09. The van der Waals surface area contributed by atoms with Crippen LogP contribution < -0.4 is 0 Å². The first-order valence-electron chi connectivity index (χ1n) is 8.57. The Kier molecular flexibility index (Phi) is 4.16. The van der Waals surface area contributed by atoms with Crippen LogP contribution in [0.5, 0.6) is 0 Å². The zero-order valence-corrected chi connectivity index (χ0v) is 17.2. The Hall–Kier alpha value is -2.73. The van der Waals surface area contributed by atoms with Gasteiger partial charge in [0.2, 0.25) is 0 Å². The predicted molar refractivity (Wildman–Crippen MR) is 117 cm³/mol. The summed E-state index contributed by atoms with van der Waals surface area (Å²) in [6, 6.07) is 18.3. The number of benzene rings is 2. The van der Waals surface area contributed by atoms with Gasteiger partial charge in [-0.25, -0.2) is 9.97 Å². The lowest BCUT2D eigenvalue weighted by atomic mass is 10.2. The van der Waals surface area contributed by atoms with Crippen LogP contribution in [0.4, 0.5) is 0 Å². The van der Waals surface area contributed by atoms with Crippen molar-refractivity contribution >= 4 is 62.3 Å². The fraction of sp³-hybridized carbons (Fsp3) is 0.100. The number of nitriles is 1. The first-order valence-corrected chi connectivity index (χ1v) is 10.8. The topological polar surface area (TPSA) is 58.9 Å². The minimum Gasteiger partial charge on any atom is -0.275 e. The summed E-state index contributed by atoms with van der Waals surface area (Å²) >= 11 is 8.64. The molecule has 2 aromatic carbocycles. The summed E-state index contributed by atoms with van der Waals surface area (Å²) in [4.78, 5) is 9.80. The van der Waals surface area contributed by atoms with E-state index in [1.807, 2.05) is 51.4 Å². The van der Waals surface area contributed by atoms with Gasteiger partial charge < -0.3 is 0 Å². The van der Waals surface area contributed by atoms with Crippen LogP contribution in [-0.4, -0.2) is 24.7 Å². The van der Waals surface area contributed by atoms with E-state index in [1.165, 1.54) is 23.1 Å². The van der Waals surface area contributed by atoms with Crippen LogP contribution in [0.2, 0.25) is 0 Å². The molecule has 0 fully saturated rings. The monoisotopic (exact) mass is 419 g/mol. The normalized spacial score (nSPS) is 11.4. The van der Waals surface area contributed by atoms with E-state index in [0.29, 0.717) is 5.75 Å². The molecule has 0 N–H and O–H groups in total. The summed E-state index contributed by atoms with van der Waals surface area (Å²) in [5.74, 6) is 0.315. The Labute approximate surface area is 173 Å². The third kappa shape index (κ3) is 2.55. The van der Waals surface area contributed by atoms with Crippen LogP contribution in [0.15, 0.2) is 53.7 Å². The average Bonchev–Trinajstić information content (AvgIpc) is 3.24. The number of imidazole rings is 1. The van der Waals surface area contributed by atoms with Crippen molar-refractivity contribution in [2.24, 2.45) is 0 Å². The van der Waals surface area contributed by atoms with Crippen molar-refractivity contribution in [3.63, 3.8) is 0 Å². The second kappa shape index (κ2) is 6.71. The Balaban J connectivity index is 1.95. The number of aromatic nitrogens is 4. The molecule has 0 amide bonds. The van der Waals surface area contributed by atoms with Gasteiger partial charge in [0, 0.05) is 0 Å². The van der Waals surface area contributed by atoms with Crippen LogP contribution in [0.1, 0.15) is 5.56 Å². The standard InChI is InChI=1S/C20H13N5S3/c1-12-6-2-4-8-14(12)25-18-16(28-20(25)26)17-22-13-7-3-5-9-15(13)24(17)19(23-18)27-11-10-21/h2-9H,11H2,1H3. The van der Waals surface area contributed by atoms with E-state index in [0.717, 1.165) is 47.4 Å². The third-order valence-electron chi connectivity index (χ3n) is 4.57. The van der Waals surface area contributed by atoms with Gasteiger partial charge in [-0.3, -0.25) is 8.97 Å². The lowest BCUT2D eigenvalue weighted by Crippen LogP contribution is -2.02. The summed E-state index contributed by atoms with van der Waals surface area (Å²) < 4.78 is 5.73. The average molecular weight is 420 g/mol. The van der Waals surface area contributed by atoms with E-state index in [4.69, 9.17) is 27.4 Å². The number of para-hydroxylation sites is 3. The molecule has 0 unspecified atom stereocenters. The second-order valence-corrected chi connectivity index (χ2v) is 8.83. The van der Waals surface area contributed by atoms with Gasteiger partial charge >= 0.3 is 0 Å². The summed E-state index contributed by atoms with van der Waals surface area (Å²) in [5, 5.41) is 9.85. The van der Waals surface area contributed by atoms with Crippen molar-refractivity contribution in [2.45, 2.75) is 12.1 Å². The van der Waals surface area contributed by atoms with Gasteiger partial charge in [-0.15, -0.1) is 0 Å². The highest BCUT2D eigenvalue weighted by Crippen LogP contribution is 2.34. The molecule has 0 radical (unpaired) electrons. The van der Waals surface area contributed by atoms with Gasteiger partial charge in [0.15, 0.2) is 20.4 Å². The van der Waals surface area contributed by atoms with E-state index in [2.05, 4.69) is 19.1 Å². The van der Waals surface area contributed by atoms with Crippen molar-refractivity contribution in [1.29, 1.82) is 5.26 Å². The molecule has 3 heterocycles. The minimum absolute atomic E-state index is 0.315. The fourth-order valence-corrected chi connectivity index (χ4v) is 5.35. The number of hydrogen-bond donors (Lipinski definition) is 0. The molecule has 0 saturated carbocycles. The summed E-state index contributed by atoms with van der Waals surface area (Å²) in [7, 11) is 0. The smallest absolute Gasteiger partial charge is 0.177 e. The third-order valence-corrected chi connectivity index (χ3v) is 6.73. The molecular formula is C20H13N5S3. The quantitative estimate of drug-likeness (QED) is 0.218. The molecule has 5 rings (SSSR count). The van der Waals surface area contributed by atoms with Gasteiger partial charge in [0.25, 0.3) is 0 Å².